The number of hydroxylamine groups is 2. The summed E-state index contributed by atoms with van der Waals surface area (Å²) in [4.78, 5) is 11.1. The molecule has 1 aromatic carbocycles. The second-order valence-electron chi connectivity index (χ2n) is 3.67. The number of hydrogen-bond acceptors (Lipinski definition) is 3. The Hall–Kier alpha value is -1.39. The van der Waals surface area contributed by atoms with Crippen LogP contribution >= 0.6 is 0 Å². The number of hydrogen-bond donors (Lipinski definition) is 2. The molecule has 1 aromatic rings. The minimum absolute atomic E-state index is 0.363. The number of nitrogens with zero attached hydrogens (tertiary/aromatic N) is 1. The van der Waals surface area contributed by atoms with E-state index in [-0.39, 0.29) is 0 Å². The highest BCUT2D eigenvalue weighted by Gasteiger charge is 2.25. The quantitative estimate of drug-likeness (QED) is 0.726. The summed E-state index contributed by atoms with van der Waals surface area (Å²) < 4.78 is 0. The summed E-state index contributed by atoms with van der Waals surface area (Å²) in [5, 5.41) is 19.7. The molecule has 2 N–H and O–H groups in total. The van der Waals surface area contributed by atoms with Crippen molar-refractivity contribution < 1.29 is 15.1 Å². The first-order valence-electron chi connectivity index (χ1n) is 5.40. The van der Waals surface area contributed by atoms with Crippen molar-refractivity contribution in [1.82, 2.24) is 5.06 Å². The summed E-state index contributed by atoms with van der Waals surface area (Å²) in [6, 6.07) is 7.77. The normalized spacial score (nSPS) is 12.7. The molecule has 0 aliphatic carbocycles. The van der Waals surface area contributed by atoms with Crippen molar-refractivity contribution in [2.24, 2.45) is 0 Å². The van der Waals surface area contributed by atoms with Gasteiger partial charge in [-0.05, 0) is 12.0 Å². The molecule has 88 valence electrons. The number of rotatable bonds is 6. The predicted molar refractivity (Wildman–Crippen MR) is 60.2 cm³/mol. The number of carbonyl (C=O) groups is 1. The molecule has 0 saturated heterocycles. The van der Waals surface area contributed by atoms with Crippen molar-refractivity contribution in [3.63, 3.8) is 0 Å². The van der Waals surface area contributed by atoms with Gasteiger partial charge in [-0.25, -0.2) is 0 Å². The molecule has 4 nitrogen and oxygen atoms in total. The van der Waals surface area contributed by atoms with Crippen LogP contribution < -0.4 is 0 Å². The molecule has 1 atom stereocenters. The van der Waals surface area contributed by atoms with E-state index < -0.39 is 12.0 Å². The van der Waals surface area contributed by atoms with Crippen molar-refractivity contribution >= 4 is 5.97 Å². The van der Waals surface area contributed by atoms with Gasteiger partial charge in [0.25, 0.3) is 0 Å². The van der Waals surface area contributed by atoms with Crippen LogP contribution in [-0.2, 0) is 4.79 Å². The molecule has 0 aliphatic rings. The third-order valence-electron chi connectivity index (χ3n) is 2.39. The molecule has 16 heavy (non-hydrogen) atoms. The maximum absolute atomic E-state index is 11.1. The van der Waals surface area contributed by atoms with Gasteiger partial charge in [-0.2, -0.15) is 5.06 Å². The maximum Gasteiger partial charge on any atom is 0.327 e. The first kappa shape index (κ1) is 12.7. The van der Waals surface area contributed by atoms with E-state index in [0.29, 0.717) is 12.1 Å². The van der Waals surface area contributed by atoms with E-state index in [1.807, 2.05) is 13.0 Å². The molecule has 1 rings (SSSR count). The number of aliphatic carboxylic acids is 1. The standard InChI is InChI=1S/C12H17NO3/c1-2-3-9-13(16)11(12(14)15)10-7-5-4-6-8-10/h4-8,11,16H,2-3,9H2,1H3,(H,14,15). The molecule has 0 fully saturated rings. The Morgan fingerprint density at radius 1 is 1.38 bits per heavy atom. The molecule has 0 aromatic heterocycles. The van der Waals surface area contributed by atoms with E-state index in [1.165, 1.54) is 0 Å². The summed E-state index contributed by atoms with van der Waals surface area (Å²) in [6.07, 6.45) is 1.69. The largest absolute Gasteiger partial charge is 0.480 e. The minimum atomic E-state index is -1.04. The van der Waals surface area contributed by atoms with Gasteiger partial charge >= 0.3 is 5.97 Å². The highest BCUT2D eigenvalue weighted by atomic mass is 16.5. The molecule has 0 spiro atoms. The lowest BCUT2D eigenvalue weighted by Crippen LogP contribution is -2.32. The highest BCUT2D eigenvalue weighted by molar-refractivity contribution is 5.75. The fourth-order valence-corrected chi connectivity index (χ4v) is 1.53. The van der Waals surface area contributed by atoms with Crippen LogP contribution in [0.2, 0.25) is 0 Å². The van der Waals surface area contributed by atoms with Crippen molar-refractivity contribution in [3.05, 3.63) is 35.9 Å². The van der Waals surface area contributed by atoms with E-state index in [9.17, 15) is 10.0 Å². The van der Waals surface area contributed by atoms with Gasteiger partial charge in [-0.15, -0.1) is 0 Å². The van der Waals surface area contributed by atoms with Gasteiger partial charge in [-0.3, -0.25) is 4.79 Å². The monoisotopic (exact) mass is 223 g/mol. The smallest absolute Gasteiger partial charge is 0.327 e. The topological polar surface area (TPSA) is 60.8 Å². The zero-order valence-electron chi connectivity index (χ0n) is 9.34. The second-order valence-corrected chi connectivity index (χ2v) is 3.67. The Labute approximate surface area is 95.1 Å². The number of carboxylic acid groups (broad SMARTS) is 1. The molecule has 0 saturated carbocycles. The lowest BCUT2D eigenvalue weighted by atomic mass is 10.1. The summed E-state index contributed by atoms with van der Waals surface area (Å²) in [7, 11) is 0. The van der Waals surface area contributed by atoms with Gasteiger partial charge in [0, 0.05) is 6.54 Å². The predicted octanol–water partition coefficient (Wildman–Crippen LogP) is 2.30. The van der Waals surface area contributed by atoms with Crippen molar-refractivity contribution in [2.45, 2.75) is 25.8 Å². The van der Waals surface area contributed by atoms with Gasteiger partial charge < -0.3 is 10.3 Å². The van der Waals surface area contributed by atoms with Gasteiger partial charge in [0.1, 0.15) is 0 Å². The maximum atomic E-state index is 11.1. The Kier molecular flexibility index (Phi) is 4.95. The van der Waals surface area contributed by atoms with Crippen LogP contribution in [0.25, 0.3) is 0 Å². The molecule has 4 heteroatoms. The van der Waals surface area contributed by atoms with Crippen LogP contribution in [0.5, 0.6) is 0 Å². The van der Waals surface area contributed by atoms with Gasteiger partial charge in [0.05, 0.1) is 0 Å². The van der Waals surface area contributed by atoms with E-state index in [4.69, 9.17) is 5.11 Å². The molecule has 1 unspecified atom stereocenters. The van der Waals surface area contributed by atoms with E-state index >= 15 is 0 Å². The van der Waals surface area contributed by atoms with E-state index in [1.54, 1.807) is 24.3 Å². The molecule has 0 aliphatic heterocycles. The van der Waals surface area contributed by atoms with Crippen LogP contribution in [0.1, 0.15) is 31.4 Å². The number of benzene rings is 1. The highest BCUT2D eigenvalue weighted by Crippen LogP contribution is 2.19. The van der Waals surface area contributed by atoms with Crippen LogP contribution in [0, 0.1) is 0 Å². The average molecular weight is 223 g/mol. The zero-order valence-corrected chi connectivity index (χ0v) is 9.34. The minimum Gasteiger partial charge on any atom is -0.480 e. The number of unbranched alkanes of at least 4 members (excludes halogenated alkanes) is 1. The number of carboxylic acids is 1. The van der Waals surface area contributed by atoms with E-state index in [2.05, 4.69) is 0 Å². The third kappa shape index (κ3) is 3.32. The molecule has 0 amide bonds. The van der Waals surface area contributed by atoms with Crippen LogP contribution in [0.3, 0.4) is 0 Å². The first-order chi connectivity index (χ1) is 7.66. The summed E-state index contributed by atoms with van der Waals surface area (Å²) >= 11 is 0. The summed E-state index contributed by atoms with van der Waals surface area (Å²) in [6.45, 7) is 2.36. The third-order valence-corrected chi connectivity index (χ3v) is 2.39. The van der Waals surface area contributed by atoms with Crippen LogP contribution in [-0.4, -0.2) is 27.9 Å². The van der Waals surface area contributed by atoms with Crippen LogP contribution in [0.15, 0.2) is 30.3 Å². The fraction of sp³-hybridized carbons (Fsp3) is 0.417. The van der Waals surface area contributed by atoms with Crippen molar-refractivity contribution in [3.8, 4) is 0 Å². The summed E-state index contributed by atoms with van der Waals surface area (Å²) in [5.41, 5.74) is 0.591. The average Bonchev–Trinajstić information content (AvgIpc) is 2.27. The lowest BCUT2D eigenvalue weighted by molar-refractivity contribution is -0.171. The van der Waals surface area contributed by atoms with Gasteiger partial charge in [-0.1, -0.05) is 43.7 Å². The Balaban J connectivity index is 2.79. The molecule has 0 heterocycles. The Bertz CT molecular complexity index is 326. The first-order valence-corrected chi connectivity index (χ1v) is 5.40. The van der Waals surface area contributed by atoms with Crippen molar-refractivity contribution in [2.75, 3.05) is 6.54 Å². The van der Waals surface area contributed by atoms with Crippen LogP contribution in [0.4, 0.5) is 0 Å². The lowest BCUT2D eigenvalue weighted by Gasteiger charge is -2.22. The molecular formula is C12H17NO3. The summed E-state index contributed by atoms with van der Waals surface area (Å²) in [5.74, 6) is -1.04. The molecule has 0 radical (unpaired) electrons. The van der Waals surface area contributed by atoms with E-state index in [0.717, 1.165) is 17.9 Å². The molecular weight excluding hydrogens is 206 g/mol. The Morgan fingerprint density at radius 2 is 2.00 bits per heavy atom. The van der Waals surface area contributed by atoms with Gasteiger partial charge in [0.2, 0.25) is 0 Å². The second kappa shape index (κ2) is 6.25. The Morgan fingerprint density at radius 3 is 2.50 bits per heavy atom. The zero-order chi connectivity index (χ0) is 12.0. The SMILES string of the molecule is CCCCN(O)C(C(=O)O)c1ccccc1. The fourth-order valence-electron chi connectivity index (χ4n) is 1.53. The van der Waals surface area contributed by atoms with Gasteiger partial charge in [0.15, 0.2) is 6.04 Å². The van der Waals surface area contributed by atoms with Crippen molar-refractivity contribution in [1.29, 1.82) is 0 Å². The molecule has 0 bridgehead atoms.